The zero-order valence-corrected chi connectivity index (χ0v) is 12.8. The lowest BCUT2D eigenvalue weighted by atomic mass is 10.2. The Hall–Kier alpha value is -1.39. The van der Waals surface area contributed by atoms with Crippen molar-refractivity contribution in [3.63, 3.8) is 0 Å². The monoisotopic (exact) mass is 352 g/mol. The molecule has 0 unspecified atom stereocenters. The van der Waals surface area contributed by atoms with Gasteiger partial charge in [-0.15, -0.1) is 11.6 Å². The van der Waals surface area contributed by atoms with Crippen LogP contribution in [0.2, 0.25) is 0 Å². The van der Waals surface area contributed by atoms with E-state index in [0.717, 1.165) is 22.5 Å². The van der Waals surface area contributed by atoms with Crippen molar-refractivity contribution >= 4 is 38.6 Å². The van der Waals surface area contributed by atoms with E-state index in [1.807, 2.05) is 34.9 Å². The van der Waals surface area contributed by atoms with E-state index in [-0.39, 0.29) is 5.82 Å². The van der Waals surface area contributed by atoms with Crippen molar-refractivity contribution in [3.05, 3.63) is 58.6 Å². The topological polar surface area (TPSA) is 17.8 Å². The van der Waals surface area contributed by atoms with Crippen LogP contribution in [0.4, 0.5) is 4.39 Å². The number of hydrogen-bond acceptors (Lipinski definition) is 1. The van der Waals surface area contributed by atoms with Gasteiger partial charge in [0.1, 0.15) is 11.6 Å². The van der Waals surface area contributed by atoms with Gasteiger partial charge in [-0.1, -0.05) is 18.2 Å². The molecule has 5 heteroatoms. The number of imidazole rings is 1. The minimum absolute atomic E-state index is 0.299. The fraction of sp³-hybridized carbons (Fsp3) is 0.133. The molecule has 2 nitrogen and oxygen atoms in total. The lowest BCUT2D eigenvalue weighted by Gasteiger charge is -2.08. The Bertz CT molecular complexity index is 755. The van der Waals surface area contributed by atoms with Crippen LogP contribution >= 0.6 is 27.5 Å². The minimum atomic E-state index is -0.299. The van der Waals surface area contributed by atoms with E-state index in [1.165, 1.54) is 6.07 Å². The molecule has 0 saturated carbocycles. The summed E-state index contributed by atoms with van der Waals surface area (Å²) in [5.41, 5.74) is 2.45. The van der Waals surface area contributed by atoms with Crippen LogP contribution in [0.25, 0.3) is 16.7 Å². The highest BCUT2D eigenvalue weighted by atomic mass is 79.9. The van der Waals surface area contributed by atoms with Crippen molar-refractivity contribution in [2.45, 2.75) is 6.42 Å². The van der Waals surface area contributed by atoms with Crippen molar-refractivity contribution in [1.29, 1.82) is 0 Å². The van der Waals surface area contributed by atoms with E-state index in [4.69, 9.17) is 11.6 Å². The number of rotatable bonds is 3. The van der Waals surface area contributed by atoms with Crippen molar-refractivity contribution in [3.8, 4) is 5.69 Å². The normalized spacial score (nSPS) is 11.2. The molecule has 0 aliphatic heterocycles. The first-order valence-corrected chi connectivity index (χ1v) is 7.51. The van der Waals surface area contributed by atoms with Crippen LogP contribution in [0.3, 0.4) is 0 Å². The van der Waals surface area contributed by atoms with Gasteiger partial charge in [-0.05, 0) is 34.1 Å². The van der Waals surface area contributed by atoms with Crippen LogP contribution in [-0.4, -0.2) is 15.4 Å². The zero-order valence-electron chi connectivity index (χ0n) is 10.5. The molecule has 3 aromatic rings. The summed E-state index contributed by atoms with van der Waals surface area (Å²) in [5.74, 6) is 1.01. The second kappa shape index (κ2) is 5.54. The predicted octanol–water partition coefficient (Wildman–Crippen LogP) is 4.71. The van der Waals surface area contributed by atoms with E-state index in [1.54, 1.807) is 6.07 Å². The molecule has 1 aromatic heterocycles. The molecule has 3 rings (SSSR count). The van der Waals surface area contributed by atoms with Gasteiger partial charge in [0.25, 0.3) is 0 Å². The molecular formula is C15H11BrClFN2. The van der Waals surface area contributed by atoms with Crippen molar-refractivity contribution in [1.82, 2.24) is 9.55 Å². The van der Waals surface area contributed by atoms with Gasteiger partial charge in [0.2, 0.25) is 0 Å². The minimum Gasteiger partial charge on any atom is -0.296 e. The van der Waals surface area contributed by atoms with Crippen molar-refractivity contribution in [2.24, 2.45) is 0 Å². The number of nitrogens with zero attached hydrogens (tertiary/aromatic N) is 2. The molecule has 0 N–H and O–H groups in total. The van der Waals surface area contributed by atoms with Crippen LogP contribution in [-0.2, 0) is 6.42 Å². The van der Waals surface area contributed by atoms with Crippen molar-refractivity contribution < 1.29 is 4.39 Å². The second-order valence-corrected chi connectivity index (χ2v) is 5.63. The molecule has 0 fully saturated rings. The first-order chi connectivity index (χ1) is 9.70. The third-order valence-corrected chi connectivity index (χ3v) is 3.90. The lowest BCUT2D eigenvalue weighted by molar-refractivity contribution is 0.622. The van der Waals surface area contributed by atoms with Crippen LogP contribution in [0.5, 0.6) is 0 Å². The van der Waals surface area contributed by atoms with Gasteiger partial charge >= 0.3 is 0 Å². The third-order valence-electron chi connectivity index (χ3n) is 3.10. The summed E-state index contributed by atoms with van der Waals surface area (Å²) in [6.45, 7) is 0. The molecule has 2 aromatic carbocycles. The Labute approximate surface area is 129 Å². The van der Waals surface area contributed by atoms with E-state index in [2.05, 4.69) is 20.9 Å². The van der Waals surface area contributed by atoms with Crippen LogP contribution in [0.1, 0.15) is 5.82 Å². The number of fused-ring (bicyclic) bond motifs is 1. The van der Waals surface area contributed by atoms with Crippen LogP contribution in [0, 0.1) is 5.82 Å². The zero-order chi connectivity index (χ0) is 14.1. The summed E-state index contributed by atoms with van der Waals surface area (Å²) in [7, 11) is 0. The standard InChI is InChI=1S/C15H11BrClFN2/c16-11-8-13-14(9-12(11)18)20(15(19-13)6-7-17)10-4-2-1-3-5-10/h1-5,8-9H,6-7H2. The molecule has 0 aliphatic rings. The summed E-state index contributed by atoms with van der Waals surface area (Å²) in [6.07, 6.45) is 0.629. The maximum atomic E-state index is 13.8. The Morgan fingerprint density at radius 3 is 2.65 bits per heavy atom. The predicted molar refractivity (Wildman–Crippen MR) is 83.2 cm³/mol. The van der Waals surface area contributed by atoms with Gasteiger partial charge in [0.15, 0.2) is 0 Å². The first kappa shape index (κ1) is 13.6. The van der Waals surface area contributed by atoms with E-state index in [0.29, 0.717) is 16.8 Å². The quantitative estimate of drug-likeness (QED) is 0.624. The molecule has 0 aliphatic carbocycles. The summed E-state index contributed by atoms with van der Waals surface area (Å²) >= 11 is 9.04. The number of halogens is 3. The SMILES string of the molecule is Fc1cc2c(cc1Br)nc(CCCl)n2-c1ccccc1. The highest BCUT2D eigenvalue weighted by molar-refractivity contribution is 9.10. The fourth-order valence-electron chi connectivity index (χ4n) is 2.24. The molecule has 0 atom stereocenters. The molecule has 20 heavy (non-hydrogen) atoms. The van der Waals surface area contributed by atoms with E-state index in [9.17, 15) is 4.39 Å². The summed E-state index contributed by atoms with van der Waals surface area (Å²) in [5, 5.41) is 0. The van der Waals surface area contributed by atoms with Crippen molar-refractivity contribution in [2.75, 3.05) is 5.88 Å². The van der Waals surface area contributed by atoms with Gasteiger partial charge in [0.05, 0.1) is 15.5 Å². The Morgan fingerprint density at radius 2 is 1.95 bits per heavy atom. The number of hydrogen-bond donors (Lipinski definition) is 0. The third kappa shape index (κ3) is 2.34. The average Bonchev–Trinajstić information content (AvgIpc) is 2.78. The fourth-order valence-corrected chi connectivity index (χ4v) is 2.74. The first-order valence-electron chi connectivity index (χ1n) is 6.18. The Balaban J connectivity index is 2.32. The lowest BCUT2D eigenvalue weighted by Crippen LogP contribution is -2.02. The van der Waals surface area contributed by atoms with Gasteiger partial charge < -0.3 is 0 Å². The molecule has 102 valence electrons. The van der Waals surface area contributed by atoms with Crippen LogP contribution in [0.15, 0.2) is 46.9 Å². The molecule has 1 heterocycles. The van der Waals surface area contributed by atoms with Gasteiger partial charge in [-0.3, -0.25) is 4.57 Å². The Morgan fingerprint density at radius 1 is 1.20 bits per heavy atom. The Kier molecular flexibility index (Phi) is 3.76. The second-order valence-electron chi connectivity index (χ2n) is 4.39. The molecule has 0 amide bonds. The van der Waals surface area contributed by atoms with Crippen LogP contribution < -0.4 is 0 Å². The van der Waals surface area contributed by atoms with Gasteiger partial charge in [0, 0.05) is 24.1 Å². The maximum absolute atomic E-state index is 13.8. The van der Waals surface area contributed by atoms with E-state index >= 15 is 0 Å². The highest BCUT2D eigenvalue weighted by Gasteiger charge is 2.14. The average molecular weight is 354 g/mol. The summed E-state index contributed by atoms with van der Waals surface area (Å²) in [6, 6.07) is 13.0. The van der Waals surface area contributed by atoms with Gasteiger partial charge in [-0.25, -0.2) is 9.37 Å². The van der Waals surface area contributed by atoms with E-state index < -0.39 is 0 Å². The summed E-state index contributed by atoms with van der Waals surface area (Å²) in [4.78, 5) is 4.56. The molecular weight excluding hydrogens is 343 g/mol. The largest absolute Gasteiger partial charge is 0.296 e. The number of aromatic nitrogens is 2. The number of alkyl halides is 1. The number of benzene rings is 2. The number of aryl methyl sites for hydroxylation is 1. The molecule has 0 spiro atoms. The smallest absolute Gasteiger partial charge is 0.139 e. The summed E-state index contributed by atoms with van der Waals surface area (Å²) < 4.78 is 16.2. The maximum Gasteiger partial charge on any atom is 0.139 e. The highest BCUT2D eigenvalue weighted by Crippen LogP contribution is 2.27. The number of para-hydroxylation sites is 1. The van der Waals surface area contributed by atoms with Gasteiger partial charge in [-0.2, -0.15) is 0 Å². The molecule has 0 bridgehead atoms. The molecule has 0 radical (unpaired) electrons. The molecule has 0 saturated heterocycles.